The maximum atomic E-state index is 12.8. The summed E-state index contributed by atoms with van der Waals surface area (Å²) in [5.41, 5.74) is 10.9. The first-order valence-electron chi connectivity index (χ1n) is 8.92. The summed E-state index contributed by atoms with van der Waals surface area (Å²) in [4.78, 5) is 12.8. The van der Waals surface area contributed by atoms with Crippen molar-refractivity contribution >= 4 is 23.1 Å². The maximum absolute atomic E-state index is 12.8. The van der Waals surface area contributed by atoms with Crippen LogP contribution in [0.5, 0.6) is 5.75 Å². The molecule has 4 rings (SSSR count). The maximum Gasteiger partial charge on any atom is 0.275 e. The number of carbonyl (C=O) groups is 1. The Bertz CT molecular complexity index is 1070. The molecule has 142 valence electrons. The van der Waals surface area contributed by atoms with Gasteiger partial charge >= 0.3 is 0 Å². The van der Waals surface area contributed by atoms with Crippen LogP contribution in [-0.2, 0) is 4.79 Å². The lowest BCUT2D eigenvalue weighted by molar-refractivity contribution is -0.113. The molecule has 1 amide bonds. The smallest absolute Gasteiger partial charge is 0.275 e. The highest BCUT2D eigenvalue weighted by Crippen LogP contribution is 2.35. The van der Waals surface area contributed by atoms with E-state index in [4.69, 9.17) is 4.74 Å². The van der Waals surface area contributed by atoms with E-state index in [1.54, 1.807) is 17.9 Å². The highest BCUT2D eigenvalue weighted by molar-refractivity contribution is 6.07. The summed E-state index contributed by atoms with van der Waals surface area (Å²) in [5.74, 6) is 1.22. The molecule has 0 saturated heterocycles. The van der Waals surface area contributed by atoms with Crippen molar-refractivity contribution in [1.29, 1.82) is 0 Å². The Balaban J connectivity index is 1.67. The molecule has 0 aliphatic carbocycles. The van der Waals surface area contributed by atoms with E-state index in [-0.39, 0.29) is 5.91 Å². The third kappa shape index (κ3) is 3.07. The minimum absolute atomic E-state index is 0.265. The molecule has 0 radical (unpaired) electrons. The molecule has 3 aromatic rings. The van der Waals surface area contributed by atoms with Crippen LogP contribution in [0.15, 0.2) is 60.3 Å². The number of methoxy groups -OCH3 is 1. The van der Waals surface area contributed by atoms with E-state index in [1.807, 2.05) is 62.4 Å². The molecule has 0 saturated carbocycles. The number of anilines is 2. The zero-order valence-electron chi connectivity index (χ0n) is 15.9. The fourth-order valence-corrected chi connectivity index (χ4v) is 3.27. The van der Waals surface area contributed by atoms with Gasteiger partial charge in [0.2, 0.25) is 0 Å². The minimum Gasteiger partial charge on any atom is -0.497 e. The van der Waals surface area contributed by atoms with Crippen LogP contribution in [0.1, 0.15) is 12.6 Å². The van der Waals surface area contributed by atoms with Crippen LogP contribution < -0.4 is 20.9 Å². The molecule has 1 aliphatic heterocycles. The minimum atomic E-state index is -0.265. The van der Waals surface area contributed by atoms with Crippen molar-refractivity contribution in [1.82, 2.24) is 15.2 Å². The Morgan fingerprint density at radius 2 is 1.86 bits per heavy atom. The van der Waals surface area contributed by atoms with Gasteiger partial charge in [0.15, 0.2) is 5.82 Å². The Morgan fingerprint density at radius 1 is 1.07 bits per heavy atom. The number of ether oxygens (including phenoxy) is 1. The first-order chi connectivity index (χ1) is 13.6. The summed E-state index contributed by atoms with van der Waals surface area (Å²) in [6.07, 6.45) is 0. The first-order valence-corrected chi connectivity index (χ1v) is 8.92. The Morgan fingerprint density at radius 3 is 2.61 bits per heavy atom. The molecule has 7 heteroatoms. The second-order valence-corrected chi connectivity index (χ2v) is 6.48. The lowest BCUT2D eigenvalue weighted by Crippen LogP contribution is -2.36. The van der Waals surface area contributed by atoms with E-state index >= 15 is 0 Å². The van der Waals surface area contributed by atoms with Crippen LogP contribution >= 0.6 is 0 Å². The molecular formula is C21H21N5O2. The first kappa shape index (κ1) is 17.7. The van der Waals surface area contributed by atoms with Crippen molar-refractivity contribution in [2.24, 2.45) is 0 Å². The van der Waals surface area contributed by atoms with Crippen molar-refractivity contribution < 1.29 is 9.53 Å². The second kappa shape index (κ2) is 7.11. The normalized spacial score (nSPS) is 12.7. The number of amides is 1. The highest BCUT2D eigenvalue weighted by atomic mass is 16.5. The van der Waals surface area contributed by atoms with Gasteiger partial charge in [-0.25, -0.2) is 4.68 Å². The number of benzene rings is 2. The molecule has 1 aromatic heterocycles. The fraction of sp³-hybridized carbons (Fsp3) is 0.143. The van der Waals surface area contributed by atoms with E-state index < -0.39 is 0 Å². The van der Waals surface area contributed by atoms with E-state index in [9.17, 15) is 4.79 Å². The Kier molecular flexibility index (Phi) is 4.49. The Hall–Kier alpha value is -3.74. The Labute approximate surface area is 163 Å². The van der Waals surface area contributed by atoms with Gasteiger partial charge in [0.05, 0.1) is 18.5 Å². The molecule has 3 N–H and O–H groups in total. The van der Waals surface area contributed by atoms with Crippen LogP contribution in [0.2, 0.25) is 0 Å². The summed E-state index contributed by atoms with van der Waals surface area (Å²) in [6, 6.07) is 17.3. The van der Waals surface area contributed by atoms with E-state index in [0.717, 1.165) is 22.6 Å². The third-order valence-corrected chi connectivity index (χ3v) is 4.66. The van der Waals surface area contributed by atoms with Gasteiger partial charge in [0.25, 0.3) is 5.91 Å². The van der Waals surface area contributed by atoms with Gasteiger partial charge in [-0.1, -0.05) is 36.4 Å². The molecule has 0 spiro atoms. The fourth-order valence-electron chi connectivity index (χ4n) is 3.27. The number of rotatable bonds is 4. The lowest BCUT2D eigenvalue weighted by atomic mass is 10.1. The molecule has 0 atom stereocenters. The average molecular weight is 375 g/mol. The van der Waals surface area contributed by atoms with Gasteiger partial charge in [-0.2, -0.15) is 5.10 Å². The van der Waals surface area contributed by atoms with Crippen molar-refractivity contribution in [2.75, 3.05) is 17.9 Å². The van der Waals surface area contributed by atoms with Crippen molar-refractivity contribution in [2.45, 2.75) is 13.8 Å². The number of allylic oxidation sites excluding steroid dienone is 1. The topological polar surface area (TPSA) is 80.2 Å². The van der Waals surface area contributed by atoms with Gasteiger partial charge in [0, 0.05) is 17.3 Å². The molecule has 0 bridgehead atoms. The predicted molar refractivity (Wildman–Crippen MR) is 110 cm³/mol. The van der Waals surface area contributed by atoms with Crippen molar-refractivity contribution in [3.8, 4) is 16.9 Å². The quantitative estimate of drug-likeness (QED) is 0.649. The molecule has 7 nitrogen and oxygen atoms in total. The largest absolute Gasteiger partial charge is 0.497 e. The number of aryl methyl sites for hydroxylation is 1. The van der Waals surface area contributed by atoms with E-state index in [0.29, 0.717) is 22.8 Å². The number of hydrazine groups is 1. The van der Waals surface area contributed by atoms with Crippen LogP contribution in [0.3, 0.4) is 0 Å². The van der Waals surface area contributed by atoms with Gasteiger partial charge in [-0.15, -0.1) is 0 Å². The third-order valence-electron chi connectivity index (χ3n) is 4.66. The molecule has 0 fully saturated rings. The number of hydrogen-bond acceptors (Lipinski definition) is 5. The summed E-state index contributed by atoms with van der Waals surface area (Å²) < 4.78 is 6.96. The highest BCUT2D eigenvalue weighted by Gasteiger charge is 2.26. The van der Waals surface area contributed by atoms with Crippen molar-refractivity contribution in [3.63, 3.8) is 0 Å². The number of carbonyl (C=O) groups excluding carboxylic acids is 1. The zero-order valence-corrected chi connectivity index (χ0v) is 15.9. The van der Waals surface area contributed by atoms with Gasteiger partial charge in [0.1, 0.15) is 11.4 Å². The summed E-state index contributed by atoms with van der Waals surface area (Å²) in [5, 5.41) is 7.51. The summed E-state index contributed by atoms with van der Waals surface area (Å²) in [7, 11) is 1.59. The molecule has 2 aromatic carbocycles. The van der Waals surface area contributed by atoms with Gasteiger partial charge in [-0.3, -0.25) is 15.6 Å². The molecule has 2 heterocycles. The van der Waals surface area contributed by atoms with E-state index in [2.05, 4.69) is 21.3 Å². The van der Waals surface area contributed by atoms with Gasteiger partial charge < -0.3 is 10.1 Å². The number of aromatic nitrogens is 2. The van der Waals surface area contributed by atoms with Crippen LogP contribution in [0.25, 0.3) is 16.8 Å². The summed E-state index contributed by atoms with van der Waals surface area (Å²) in [6.45, 7) is 3.82. The monoisotopic (exact) mass is 375 g/mol. The van der Waals surface area contributed by atoms with E-state index in [1.165, 1.54) is 0 Å². The van der Waals surface area contributed by atoms with Crippen LogP contribution in [0, 0.1) is 6.92 Å². The predicted octanol–water partition coefficient (Wildman–Crippen LogP) is 3.62. The molecular weight excluding hydrogens is 354 g/mol. The van der Waals surface area contributed by atoms with Crippen molar-refractivity contribution in [3.05, 3.63) is 66.0 Å². The molecule has 0 unspecified atom stereocenters. The number of hydrogen-bond donors (Lipinski definition) is 3. The SMILES string of the molecule is COc1cccc(NC(=O)C2=C(C)n3nc(C)c(-c4ccccc4)c3NN2)c1. The molecule has 1 aliphatic rings. The second-order valence-electron chi connectivity index (χ2n) is 6.48. The molecule has 28 heavy (non-hydrogen) atoms. The average Bonchev–Trinajstić information content (AvgIpc) is 3.06. The standard InChI is InChI=1S/C21H21N5O2/c1-13-18(15-8-5-4-6-9-15)20-24-23-19(14(2)26(20)25-13)21(27)22-16-10-7-11-17(12-16)28-3/h4-12,23-24H,1-3H3,(H,22,27). The number of nitrogens with one attached hydrogen (secondary N) is 3. The van der Waals surface area contributed by atoms with Gasteiger partial charge in [-0.05, 0) is 31.5 Å². The number of fused-ring (bicyclic) bond motifs is 1. The lowest BCUT2D eigenvalue weighted by Gasteiger charge is -2.23. The van der Waals surface area contributed by atoms with Crippen LogP contribution in [-0.4, -0.2) is 22.8 Å². The summed E-state index contributed by atoms with van der Waals surface area (Å²) >= 11 is 0. The number of nitrogens with zero attached hydrogens (tertiary/aromatic N) is 2. The zero-order chi connectivity index (χ0) is 19.7. The van der Waals surface area contributed by atoms with Crippen LogP contribution in [0.4, 0.5) is 11.5 Å².